The molecular weight excluding hydrogens is 479 g/mol. The predicted octanol–water partition coefficient (Wildman–Crippen LogP) is -1.73. The Bertz CT molecular complexity index is 955. The molecule has 0 aromatic carbocycles. The molecule has 1 aromatic rings. The second kappa shape index (κ2) is 14.1. The first kappa shape index (κ1) is 29.6. The van der Waals surface area contributed by atoms with Gasteiger partial charge in [0, 0.05) is 18.2 Å². The lowest BCUT2D eigenvalue weighted by Crippen LogP contribution is -2.33. The van der Waals surface area contributed by atoms with E-state index in [0.717, 1.165) is 4.57 Å². The molecule has 1 unspecified atom stereocenters. The van der Waals surface area contributed by atoms with E-state index in [-0.39, 0.29) is 38.1 Å². The Balaban J connectivity index is 0.000000385. The molecule has 0 aliphatic carbocycles. The van der Waals surface area contributed by atoms with Crippen LogP contribution in [0.1, 0.15) is 32.1 Å². The summed E-state index contributed by atoms with van der Waals surface area (Å²) in [5.74, 6) is -0.737. The van der Waals surface area contributed by atoms with Gasteiger partial charge in [-0.3, -0.25) is 33.8 Å². The van der Waals surface area contributed by atoms with Crippen molar-refractivity contribution in [3.05, 3.63) is 32.6 Å². The molecule has 16 heteroatoms. The Morgan fingerprint density at radius 1 is 1.26 bits per heavy atom. The van der Waals surface area contributed by atoms with Crippen LogP contribution in [0.4, 0.5) is 0 Å². The van der Waals surface area contributed by atoms with Crippen molar-refractivity contribution in [3.8, 4) is 0 Å². The molecule has 4 atom stereocenters. The van der Waals surface area contributed by atoms with Crippen molar-refractivity contribution in [1.29, 1.82) is 0 Å². The summed E-state index contributed by atoms with van der Waals surface area (Å²) in [4.78, 5) is 55.5. The van der Waals surface area contributed by atoms with Crippen LogP contribution in [0.3, 0.4) is 0 Å². The summed E-state index contributed by atoms with van der Waals surface area (Å²) < 4.78 is 31.2. The van der Waals surface area contributed by atoms with Gasteiger partial charge in [0.1, 0.15) is 12.3 Å². The molecule has 2 rings (SSSR count). The molecule has 194 valence electrons. The molecule has 0 radical (unpaired) electrons. The lowest BCUT2D eigenvalue weighted by atomic mass is 10.2. The van der Waals surface area contributed by atoms with Gasteiger partial charge in [-0.25, -0.2) is 14.9 Å². The highest BCUT2D eigenvalue weighted by atomic mass is 31.2. The number of esters is 2. The van der Waals surface area contributed by atoms with Gasteiger partial charge in [-0.2, -0.15) is 0 Å². The van der Waals surface area contributed by atoms with Gasteiger partial charge in [-0.1, -0.05) is 0 Å². The number of nitrogens with two attached hydrogens (primary N) is 1. The monoisotopic (exact) mass is 510 g/mol. The van der Waals surface area contributed by atoms with Gasteiger partial charge in [0.25, 0.3) is 5.56 Å². The molecule has 0 spiro atoms. The standard InChI is InChI=1S/C10H16N3O7P.C8H15NO4/c1-5-3-13(10(16)12-9(5)15)8-2-6(14)7(20-8)4-19-21(11,17)18;1-3-12-7(10)5-9-6-8(11)13-4-2/h3,6-8,14H,2,4H2,1H3,(H3,11,17,18)(H,12,15,16);9H,3-6H2,1-2H3/t6-,7+,8+;/m0./s1. The molecule has 1 aliphatic heterocycles. The summed E-state index contributed by atoms with van der Waals surface area (Å²) in [5.41, 5.74) is 3.97. The van der Waals surface area contributed by atoms with Crippen LogP contribution < -0.4 is 22.1 Å². The molecule has 6 N–H and O–H groups in total. The van der Waals surface area contributed by atoms with Gasteiger partial charge in [-0.15, -0.1) is 0 Å². The zero-order valence-corrected chi connectivity index (χ0v) is 20.0. The Hall–Kier alpha value is -2.39. The normalized spacial score (nSPS) is 21.2. The molecule has 15 nitrogen and oxygen atoms in total. The van der Waals surface area contributed by atoms with E-state index in [4.69, 9.17) is 15.1 Å². The van der Waals surface area contributed by atoms with E-state index in [1.165, 1.54) is 13.1 Å². The van der Waals surface area contributed by atoms with E-state index in [1.807, 2.05) is 0 Å². The molecular formula is C18H31N4O11P. The first-order valence-corrected chi connectivity index (χ1v) is 12.0. The van der Waals surface area contributed by atoms with E-state index in [9.17, 15) is 28.8 Å². The van der Waals surface area contributed by atoms with Crippen molar-refractivity contribution < 1.29 is 42.9 Å². The number of aromatic nitrogens is 2. The van der Waals surface area contributed by atoms with Crippen LogP contribution in [0.2, 0.25) is 0 Å². The maximum atomic E-state index is 11.7. The fraction of sp³-hybridized carbons (Fsp3) is 0.667. The Morgan fingerprint density at radius 3 is 2.32 bits per heavy atom. The number of nitrogens with one attached hydrogen (secondary N) is 2. The highest BCUT2D eigenvalue weighted by Crippen LogP contribution is 2.34. The van der Waals surface area contributed by atoms with E-state index in [2.05, 4.69) is 24.3 Å². The number of carbonyl (C=O) groups is 2. The highest BCUT2D eigenvalue weighted by molar-refractivity contribution is 7.50. The topological polar surface area (TPSA) is 221 Å². The maximum Gasteiger partial charge on any atom is 0.400 e. The lowest BCUT2D eigenvalue weighted by molar-refractivity contribution is -0.143. The van der Waals surface area contributed by atoms with Crippen molar-refractivity contribution in [2.24, 2.45) is 5.50 Å². The number of hydrogen-bond acceptors (Lipinski definition) is 11. The fourth-order valence-corrected chi connectivity index (χ4v) is 3.07. The number of aromatic amines is 1. The first-order chi connectivity index (χ1) is 15.9. The Labute approximate surface area is 194 Å². The molecule has 1 aliphatic rings. The third-order valence-corrected chi connectivity index (χ3v) is 4.75. The van der Waals surface area contributed by atoms with Gasteiger partial charge < -0.3 is 24.2 Å². The van der Waals surface area contributed by atoms with Gasteiger partial charge in [0.2, 0.25) is 0 Å². The van der Waals surface area contributed by atoms with Crippen molar-refractivity contribution >= 4 is 19.7 Å². The average Bonchev–Trinajstić information content (AvgIpc) is 3.10. The summed E-state index contributed by atoms with van der Waals surface area (Å²) >= 11 is 0. The second-order valence-electron chi connectivity index (χ2n) is 6.98. The van der Waals surface area contributed by atoms with Crippen LogP contribution in [0.25, 0.3) is 0 Å². The smallest absolute Gasteiger partial charge is 0.400 e. The lowest BCUT2D eigenvalue weighted by Gasteiger charge is -2.16. The molecule has 0 amide bonds. The second-order valence-corrected chi connectivity index (χ2v) is 8.37. The molecule has 34 heavy (non-hydrogen) atoms. The van der Waals surface area contributed by atoms with E-state index < -0.39 is 37.4 Å². The molecule has 1 fully saturated rings. The summed E-state index contributed by atoms with van der Waals surface area (Å²) in [5, 5.41) is 12.4. The van der Waals surface area contributed by atoms with E-state index >= 15 is 0 Å². The van der Waals surface area contributed by atoms with Gasteiger partial charge in [0.05, 0.1) is 39.0 Å². The number of ether oxygens (including phenoxy) is 3. The van der Waals surface area contributed by atoms with Crippen LogP contribution in [0.15, 0.2) is 15.8 Å². The molecule has 2 heterocycles. The van der Waals surface area contributed by atoms with Crippen LogP contribution in [0, 0.1) is 6.92 Å². The summed E-state index contributed by atoms with van der Waals surface area (Å²) in [6.07, 6.45) is -1.33. The number of rotatable bonds is 10. The summed E-state index contributed by atoms with van der Waals surface area (Å²) in [6.45, 7) is 5.35. The van der Waals surface area contributed by atoms with Crippen molar-refractivity contribution in [3.63, 3.8) is 0 Å². The summed E-state index contributed by atoms with van der Waals surface area (Å²) in [6, 6.07) is 0. The quantitative estimate of drug-likeness (QED) is 0.175. The molecule has 1 saturated heterocycles. The van der Waals surface area contributed by atoms with Crippen LogP contribution in [0.5, 0.6) is 0 Å². The SMILES string of the molecule is CCOC(=O)CNCC(=O)OCC.Cc1cn([C@H]2C[C@H](O)[C@@H](COP(N)(=O)O)O2)c(=O)[nH]c1=O. The number of aliphatic hydroxyl groups is 1. The maximum absolute atomic E-state index is 11.7. The van der Waals surface area contributed by atoms with Crippen molar-refractivity contribution in [2.45, 2.75) is 45.6 Å². The zero-order chi connectivity index (χ0) is 25.9. The van der Waals surface area contributed by atoms with Gasteiger partial charge >= 0.3 is 25.4 Å². The number of H-pyrrole nitrogens is 1. The minimum Gasteiger partial charge on any atom is -0.465 e. The molecule has 0 saturated carbocycles. The largest absolute Gasteiger partial charge is 0.465 e. The number of hydrogen-bond donors (Lipinski definition) is 5. The third kappa shape index (κ3) is 10.7. The third-order valence-electron chi connectivity index (χ3n) is 4.23. The number of aliphatic hydroxyl groups excluding tert-OH is 1. The number of nitrogens with zero attached hydrogens (tertiary/aromatic N) is 1. The number of aryl methyl sites for hydroxylation is 1. The van der Waals surface area contributed by atoms with Gasteiger partial charge in [0.15, 0.2) is 0 Å². The minimum atomic E-state index is -4.17. The minimum absolute atomic E-state index is 0.0344. The zero-order valence-electron chi connectivity index (χ0n) is 19.1. The fourth-order valence-electron chi connectivity index (χ4n) is 2.71. The van der Waals surface area contributed by atoms with E-state index in [0.29, 0.717) is 18.8 Å². The Morgan fingerprint density at radius 2 is 1.82 bits per heavy atom. The number of carbonyl (C=O) groups excluding carboxylic acids is 2. The highest BCUT2D eigenvalue weighted by Gasteiger charge is 2.36. The van der Waals surface area contributed by atoms with Crippen LogP contribution in [-0.4, -0.2) is 76.6 Å². The van der Waals surface area contributed by atoms with E-state index in [1.54, 1.807) is 13.8 Å². The summed E-state index contributed by atoms with van der Waals surface area (Å²) in [7, 11) is -4.17. The Kier molecular flexibility index (Phi) is 12.3. The van der Waals surface area contributed by atoms with Crippen molar-refractivity contribution in [2.75, 3.05) is 32.9 Å². The average molecular weight is 510 g/mol. The van der Waals surface area contributed by atoms with Crippen LogP contribution in [-0.2, 0) is 32.9 Å². The molecule has 1 aromatic heterocycles. The molecule has 0 bridgehead atoms. The van der Waals surface area contributed by atoms with Gasteiger partial charge in [-0.05, 0) is 20.8 Å². The predicted molar refractivity (Wildman–Crippen MR) is 117 cm³/mol. The van der Waals surface area contributed by atoms with Crippen molar-refractivity contribution in [1.82, 2.24) is 14.9 Å². The first-order valence-electron chi connectivity index (χ1n) is 10.3. The van der Waals surface area contributed by atoms with Crippen LogP contribution >= 0.6 is 7.75 Å².